The number of hydrogen-bond donors (Lipinski definition) is 1. The van der Waals surface area contributed by atoms with Gasteiger partial charge in [0, 0.05) is 32.2 Å². The predicted octanol–water partition coefficient (Wildman–Crippen LogP) is 0.937. The Labute approximate surface area is 140 Å². The number of carbonyl (C=O) groups excluding carboxylic acids is 1. The number of aliphatic carboxylic acids is 1. The second kappa shape index (κ2) is 5.86. The predicted molar refractivity (Wildman–Crippen MR) is 87.2 cm³/mol. The van der Waals surface area contributed by atoms with Crippen molar-refractivity contribution >= 4 is 27.6 Å². The molecule has 1 aromatic rings. The molecule has 3 rings (SSSR count). The molecule has 1 N–H and O–H groups in total. The summed E-state index contributed by atoms with van der Waals surface area (Å²) >= 11 is 0. The number of benzene rings is 1. The molecule has 0 saturated carbocycles. The largest absolute Gasteiger partial charge is 0.481 e. The Kier molecular flexibility index (Phi) is 4.13. The van der Waals surface area contributed by atoms with Crippen molar-refractivity contribution in [2.24, 2.45) is 11.8 Å². The van der Waals surface area contributed by atoms with E-state index < -0.39 is 21.9 Å². The summed E-state index contributed by atoms with van der Waals surface area (Å²) in [5.41, 5.74) is 1.58. The molecule has 1 saturated heterocycles. The zero-order chi connectivity index (χ0) is 17.6. The Morgan fingerprint density at radius 2 is 1.96 bits per heavy atom. The molecule has 1 aromatic carbocycles. The molecular weight excluding hydrogens is 332 g/mol. The molecule has 2 aliphatic heterocycles. The first-order valence-corrected chi connectivity index (χ1v) is 9.30. The van der Waals surface area contributed by atoms with Gasteiger partial charge in [0.1, 0.15) is 0 Å². The van der Waals surface area contributed by atoms with Crippen molar-refractivity contribution in [2.45, 2.75) is 25.2 Å². The van der Waals surface area contributed by atoms with Crippen LogP contribution >= 0.6 is 0 Å². The highest BCUT2D eigenvalue weighted by Crippen LogP contribution is 2.33. The first-order chi connectivity index (χ1) is 11.2. The lowest BCUT2D eigenvalue weighted by Crippen LogP contribution is -2.30. The van der Waals surface area contributed by atoms with Gasteiger partial charge in [0.25, 0.3) is 0 Å². The summed E-state index contributed by atoms with van der Waals surface area (Å²) in [6, 6.07) is 4.76. The molecule has 1 fully saturated rings. The van der Waals surface area contributed by atoms with Crippen LogP contribution in [0.1, 0.15) is 19.4 Å². The number of hydrogen-bond acceptors (Lipinski definition) is 4. The fourth-order valence-electron chi connectivity index (χ4n) is 3.45. The van der Waals surface area contributed by atoms with Crippen molar-refractivity contribution in [3.05, 3.63) is 23.8 Å². The number of rotatable bonds is 3. The first-order valence-electron chi connectivity index (χ1n) is 7.86. The third-order valence-corrected chi connectivity index (χ3v) is 6.69. The van der Waals surface area contributed by atoms with Gasteiger partial charge in [-0.2, -0.15) is 4.31 Å². The van der Waals surface area contributed by atoms with Crippen molar-refractivity contribution in [3.8, 4) is 0 Å². The number of carboxylic acid groups (broad SMARTS) is 1. The van der Waals surface area contributed by atoms with E-state index >= 15 is 0 Å². The highest BCUT2D eigenvalue weighted by Gasteiger charge is 2.41. The molecule has 0 aliphatic carbocycles. The number of fused-ring (bicyclic) bond motifs is 1. The average molecular weight is 352 g/mol. The first kappa shape index (κ1) is 16.9. The summed E-state index contributed by atoms with van der Waals surface area (Å²) in [7, 11) is -3.73. The van der Waals surface area contributed by atoms with Gasteiger partial charge in [-0.25, -0.2) is 8.42 Å². The molecule has 2 atom stereocenters. The lowest BCUT2D eigenvalue weighted by molar-refractivity contribution is -0.142. The molecule has 0 bridgehead atoms. The molecule has 0 unspecified atom stereocenters. The van der Waals surface area contributed by atoms with Crippen LogP contribution in [0.15, 0.2) is 23.1 Å². The van der Waals surface area contributed by atoms with E-state index in [1.54, 1.807) is 24.0 Å². The fraction of sp³-hybridized carbons (Fsp3) is 0.500. The molecule has 24 heavy (non-hydrogen) atoms. The van der Waals surface area contributed by atoms with Crippen LogP contribution in [-0.4, -0.2) is 49.3 Å². The van der Waals surface area contributed by atoms with Crippen molar-refractivity contribution in [1.29, 1.82) is 0 Å². The number of carbonyl (C=O) groups is 2. The van der Waals surface area contributed by atoms with Crippen LogP contribution < -0.4 is 4.90 Å². The quantitative estimate of drug-likeness (QED) is 0.873. The van der Waals surface area contributed by atoms with Crippen LogP contribution in [0.3, 0.4) is 0 Å². The topological polar surface area (TPSA) is 95.0 Å². The SMILES string of the molecule is CC(=O)N1CCc2cc(S(=O)(=O)N3C[C@@H](C)[C@H](C(=O)O)C3)ccc21. The van der Waals surface area contributed by atoms with Gasteiger partial charge in [0.15, 0.2) is 0 Å². The maximum Gasteiger partial charge on any atom is 0.308 e. The third-order valence-electron chi connectivity index (χ3n) is 4.86. The molecule has 2 aliphatic rings. The zero-order valence-corrected chi connectivity index (χ0v) is 14.4. The monoisotopic (exact) mass is 352 g/mol. The van der Waals surface area contributed by atoms with E-state index in [2.05, 4.69) is 0 Å². The Balaban J connectivity index is 1.90. The summed E-state index contributed by atoms with van der Waals surface area (Å²) in [5, 5.41) is 9.19. The highest BCUT2D eigenvalue weighted by molar-refractivity contribution is 7.89. The minimum Gasteiger partial charge on any atom is -0.481 e. The Bertz CT molecular complexity index is 805. The van der Waals surface area contributed by atoms with E-state index in [-0.39, 0.29) is 29.8 Å². The lowest BCUT2D eigenvalue weighted by atomic mass is 9.99. The second-order valence-corrected chi connectivity index (χ2v) is 8.39. The molecule has 7 nitrogen and oxygen atoms in total. The van der Waals surface area contributed by atoms with Gasteiger partial charge in [-0.15, -0.1) is 0 Å². The van der Waals surface area contributed by atoms with Crippen LogP contribution in [0.2, 0.25) is 0 Å². The van der Waals surface area contributed by atoms with Crippen LogP contribution in [0, 0.1) is 11.8 Å². The summed E-state index contributed by atoms with van der Waals surface area (Å²) in [6.07, 6.45) is 0.617. The van der Waals surface area contributed by atoms with Crippen molar-refractivity contribution in [3.63, 3.8) is 0 Å². The maximum absolute atomic E-state index is 12.8. The molecule has 130 valence electrons. The summed E-state index contributed by atoms with van der Waals surface area (Å²) in [5.74, 6) is -1.93. The lowest BCUT2D eigenvalue weighted by Gasteiger charge is -2.18. The molecule has 2 heterocycles. The van der Waals surface area contributed by atoms with E-state index in [4.69, 9.17) is 0 Å². The fourth-order valence-corrected chi connectivity index (χ4v) is 5.07. The van der Waals surface area contributed by atoms with Crippen molar-refractivity contribution in [1.82, 2.24) is 4.31 Å². The smallest absolute Gasteiger partial charge is 0.308 e. The minimum atomic E-state index is -3.73. The number of carboxylic acids is 1. The molecule has 0 aromatic heterocycles. The van der Waals surface area contributed by atoms with Gasteiger partial charge >= 0.3 is 5.97 Å². The Hall–Kier alpha value is -1.93. The van der Waals surface area contributed by atoms with Crippen LogP contribution in [-0.2, 0) is 26.0 Å². The number of anilines is 1. The second-order valence-electron chi connectivity index (χ2n) is 6.46. The molecule has 8 heteroatoms. The van der Waals surface area contributed by atoms with E-state index in [9.17, 15) is 23.1 Å². The molecule has 0 spiro atoms. The highest BCUT2D eigenvalue weighted by atomic mass is 32.2. The minimum absolute atomic E-state index is 0.00448. The van der Waals surface area contributed by atoms with Gasteiger partial charge in [0.2, 0.25) is 15.9 Å². The van der Waals surface area contributed by atoms with Crippen LogP contribution in [0.4, 0.5) is 5.69 Å². The van der Waals surface area contributed by atoms with Crippen LogP contribution in [0.25, 0.3) is 0 Å². The molecule has 0 radical (unpaired) electrons. The van der Waals surface area contributed by atoms with Gasteiger partial charge in [-0.1, -0.05) is 6.92 Å². The molecular formula is C16H20N2O5S. The summed E-state index contributed by atoms with van der Waals surface area (Å²) in [4.78, 5) is 24.6. The van der Waals surface area contributed by atoms with Crippen molar-refractivity contribution in [2.75, 3.05) is 24.5 Å². The number of sulfonamides is 1. The average Bonchev–Trinajstić information content (AvgIpc) is 3.10. The normalized spacial score (nSPS) is 24.2. The third kappa shape index (κ3) is 2.69. The van der Waals surface area contributed by atoms with Gasteiger partial charge in [-0.05, 0) is 36.1 Å². The van der Waals surface area contributed by atoms with E-state index in [0.717, 1.165) is 11.3 Å². The molecule has 1 amide bonds. The van der Waals surface area contributed by atoms with Crippen LogP contribution in [0.5, 0.6) is 0 Å². The summed E-state index contributed by atoms with van der Waals surface area (Å²) < 4.78 is 26.9. The number of nitrogens with zero attached hydrogens (tertiary/aromatic N) is 2. The van der Waals surface area contributed by atoms with Gasteiger partial charge in [0.05, 0.1) is 10.8 Å². The van der Waals surface area contributed by atoms with Gasteiger partial charge < -0.3 is 10.0 Å². The Morgan fingerprint density at radius 1 is 1.25 bits per heavy atom. The standard InChI is InChI=1S/C16H20N2O5S/c1-10-8-17(9-14(10)16(20)21)24(22,23)13-3-4-15-12(7-13)5-6-18(15)11(2)19/h3-4,7,10,14H,5-6,8-9H2,1-2H3,(H,20,21)/t10-,14-/m1/s1. The number of amides is 1. The summed E-state index contributed by atoms with van der Waals surface area (Å²) in [6.45, 7) is 3.99. The van der Waals surface area contributed by atoms with E-state index in [0.29, 0.717) is 13.0 Å². The Morgan fingerprint density at radius 3 is 2.54 bits per heavy atom. The zero-order valence-electron chi connectivity index (χ0n) is 13.6. The maximum atomic E-state index is 12.8. The van der Waals surface area contributed by atoms with Crippen molar-refractivity contribution < 1.29 is 23.1 Å². The van der Waals surface area contributed by atoms with E-state index in [1.165, 1.54) is 17.3 Å². The van der Waals surface area contributed by atoms with Gasteiger partial charge in [-0.3, -0.25) is 9.59 Å². The van der Waals surface area contributed by atoms with E-state index in [1.807, 2.05) is 0 Å².